The molecule has 0 aliphatic heterocycles. The van der Waals surface area contributed by atoms with Gasteiger partial charge < -0.3 is 5.32 Å². The van der Waals surface area contributed by atoms with Crippen molar-refractivity contribution in [2.75, 3.05) is 0 Å². The van der Waals surface area contributed by atoms with Crippen molar-refractivity contribution < 1.29 is 0 Å². The van der Waals surface area contributed by atoms with Crippen LogP contribution in [0.25, 0.3) is 0 Å². The molecule has 84 valence electrons. The van der Waals surface area contributed by atoms with Crippen LogP contribution in [0.1, 0.15) is 11.4 Å². The average Bonchev–Trinajstić information content (AvgIpc) is 2.67. The summed E-state index contributed by atoms with van der Waals surface area (Å²) in [6.45, 7) is 1.54. The van der Waals surface area contributed by atoms with E-state index in [1.165, 1.54) is 9.13 Å². The number of aromatic nitrogens is 3. The zero-order valence-corrected chi connectivity index (χ0v) is 11.2. The third-order valence-electron chi connectivity index (χ3n) is 2.17. The molecule has 0 aliphatic rings. The van der Waals surface area contributed by atoms with E-state index in [1.807, 2.05) is 7.05 Å². The molecule has 0 aliphatic carbocycles. The van der Waals surface area contributed by atoms with E-state index in [0.717, 1.165) is 12.4 Å². The summed E-state index contributed by atoms with van der Waals surface area (Å²) in [5.74, 6) is 0.827. The van der Waals surface area contributed by atoms with E-state index in [-0.39, 0.29) is 0 Å². The number of hydrogen-bond donors (Lipinski definition) is 1. The van der Waals surface area contributed by atoms with Gasteiger partial charge in [-0.2, -0.15) is 5.10 Å². The molecule has 0 radical (unpaired) electrons. The van der Waals surface area contributed by atoms with E-state index in [0.29, 0.717) is 6.54 Å². The number of rotatable bonds is 4. The second-order valence-corrected chi connectivity index (χ2v) is 4.81. The number of benzene rings is 1. The second-order valence-electron chi connectivity index (χ2n) is 3.56. The van der Waals surface area contributed by atoms with Gasteiger partial charge in [-0.25, -0.2) is 4.98 Å². The minimum Gasteiger partial charge on any atom is -0.306 e. The Kier molecular flexibility index (Phi) is 3.89. The van der Waals surface area contributed by atoms with Crippen molar-refractivity contribution in [3.8, 4) is 0 Å². The van der Waals surface area contributed by atoms with Gasteiger partial charge in [0.25, 0.3) is 0 Å². The maximum absolute atomic E-state index is 4.20. The van der Waals surface area contributed by atoms with Crippen molar-refractivity contribution in [2.45, 2.75) is 13.1 Å². The molecule has 4 nitrogen and oxygen atoms in total. The van der Waals surface area contributed by atoms with Crippen LogP contribution in [0.3, 0.4) is 0 Å². The van der Waals surface area contributed by atoms with Gasteiger partial charge >= 0.3 is 0 Å². The van der Waals surface area contributed by atoms with E-state index in [4.69, 9.17) is 0 Å². The van der Waals surface area contributed by atoms with E-state index in [9.17, 15) is 0 Å². The van der Waals surface area contributed by atoms with Gasteiger partial charge in [0.2, 0.25) is 0 Å². The lowest BCUT2D eigenvalue weighted by Gasteiger charge is -2.02. The van der Waals surface area contributed by atoms with Crippen molar-refractivity contribution in [1.29, 1.82) is 0 Å². The molecule has 0 fully saturated rings. The maximum Gasteiger partial charge on any atom is 0.164 e. The summed E-state index contributed by atoms with van der Waals surface area (Å²) >= 11 is 2.30. The van der Waals surface area contributed by atoms with Crippen LogP contribution in [-0.4, -0.2) is 14.8 Å². The number of aryl methyl sites for hydroxylation is 1. The third kappa shape index (κ3) is 3.28. The monoisotopic (exact) mass is 328 g/mol. The largest absolute Gasteiger partial charge is 0.306 e. The molecule has 1 aromatic heterocycles. The quantitative estimate of drug-likeness (QED) is 0.869. The van der Waals surface area contributed by atoms with Crippen molar-refractivity contribution in [3.05, 3.63) is 45.6 Å². The predicted molar refractivity (Wildman–Crippen MR) is 70.7 cm³/mol. The number of nitrogens with zero attached hydrogens (tertiary/aromatic N) is 3. The Morgan fingerprint density at radius 2 is 2.00 bits per heavy atom. The minimum absolute atomic E-state index is 0.701. The summed E-state index contributed by atoms with van der Waals surface area (Å²) in [6, 6.07) is 8.47. The smallest absolute Gasteiger partial charge is 0.164 e. The summed E-state index contributed by atoms with van der Waals surface area (Å²) in [7, 11) is 1.87. The lowest BCUT2D eigenvalue weighted by Crippen LogP contribution is -2.13. The molecule has 1 aromatic carbocycles. The fraction of sp³-hybridized carbons (Fsp3) is 0.273. The highest BCUT2D eigenvalue weighted by Gasteiger charge is 1.98. The Labute approximate surface area is 108 Å². The molecule has 2 rings (SSSR count). The molecule has 0 spiro atoms. The molecule has 0 bridgehead atoms. The molecule has 1 N–H and O–H groups in total. The van der Waals surface area contributed by atoms with Gasteiger partial charge in [0, 0.05) is 17.2 Å². The fourth-order valence-electron chi connectivity index (χ4n) is 1.39. The SMILES string of the molecule is Cn1cnc(CNCc2ccc(I)cc2)n1. The number of hydrogen-bond acceptors (Lipinski definition) is 3. The molecule has 16 heavy (non-hydrogen) atoms. The van der Waals surface area contributed by atoms with Crippen LogP contribution in [-0.2, 0) is 20.1 Å². The van der Waals surface area contributed by atoms with E-state index in [1.54, 1.807) is 11.0 Å². The summed E-state index contributed by atoms with van der Waals surface area (Å²) in [6.07, 6.45) is 1.71. The molecule has 0 unspecified atom stereocenters. The maximum atomic E-state index is 4.20. The molecule has 0 amide bonds. The van der Waals surface area contributed by atoms with Crippen LogP contribution in [0.2, 0.25) is 0 Å². The lowest BCUT2D eigenvalue weighted by atomic mass is 10.2. The molecular weight excluding hydrogens is 315 g/mol. The van der Waals surface area contributed by atoms with Crippen LogP contribution in [0, 0.1) is 3.57 Å². The zero-order chi connectivity index (χ0) is 11.4. The molecule has 1 heterocycles. The topological polar surface area (TPSA) is 42.7 Å². The zero-order valence-electron chi connectivity index (χ0n) is 9.02. The van der Waals surface area contributed by atoms with Crippen molar-refractivity contribution in [1.82, 2.24) is 20.1 Å². The van der Waals surface area contributed by atoms with Gasteiger partial charge in [-0.1, -0.05) is 12.1 Å². The van der Waals surface area contributed by atoms with Crippen LogP contribution in [0.15, 0.2) is 30.6 Å². The Morgan fingerprint density at radius 1 is 1.25 bits per heavy atom. The standard InChI is InChI=1S/C11H13IN4/c1-16-8-14-11(15-16)7-13-6-9-2-4-10(12)5-3-9/h2-5,8,13H,6-7H2,1H3. The minimum atomic E-state index is 0.701. The third-order valence-corrected chi connectivity index (χ3v) is 2.89. The first kappa shape index (κ1) is 11.5. The van der Waals surface area contributed by atoms with Crippen molar-refractivity contribution in [3.63, 3.8) is 0 Å². The number of halogens is 1. The molecular formula is C11H13IN4. The first-order chi connectivity index (χ1) is 7.74. The normalized spacial score (nSPS) is 10.6. The summed E-state index contributed by atoms with van der Waals surface area (Å²) in [5.41, 5.74) is 1.27. The Bertz CT molecular complexity index is 449. The first-order valence-electron chi connectivity index (χ1n) is 5.04. The fourth-order valence-corrected chi connectivity index (χ4v) is 1.75. The highest BCUT2D eigenvalue weighted by molar-refractivity contribution is 14.1. The highest BCUT2D eigenvalue weighted by Crippen LogP contribution is 2.06. The molecule has 0 saturated heterocycles. The van der Waals surface area contributed by atoms with Gasteiger partial charge in [-0.3, -0.25) is 4.68 Å². The number of nitrogens with one attached hydrogen (secondary N) is 1. The molecule has 0 atom stereocenters. The Hall–Kier alpha value is -0.950. The summed E-state index contributed by atoms with van der Waals surface area (Å²) in [4.78, 5) is 4.15. The van der Waals surface area contributed by atoms with Gasteiger partial charge in [-0.05, 0) is 40.3 Å². The van der Waals surface area contributed by atoms with E-state index >= 15 is 0 Å². The average molecular weight is 328 g/mol. The van der Waals surface area contributed by atoms with Crippen LogP contribution >= 0.6 is 22.6 Å². The van der Waals surface area contributed by atoms with Crippen LogP contribution in [0.4, 0.5) is 0 Å². The van der Waals surface area contributed by atoms with Gasteiger partial charge in [0.05, 0.1) is 6.54 Å². The van der Waals surface area contributed by atoms with Gasteiger partial charge in [-0.15, -0.1) is 0 Å². The Balaban J connectivity index is 1.82. The summed E-state index contributed by atoms with van der Waals surface area (Å²) in [5, 5.41) is 7.51. The highest BCUT2D eigenvalue weighted by atomic mass is 127. The lowest BCUT2D eigenvalue weighted by molar-refractivity contribution is 0.649. The Morgan fingerprint density at radius 3 is 2.62 bits per heavy atom. The molecule has 0 saturated carbocycles. The van der Waals surface area contributed by atoms with E-state index in [2.05, 4.69) is 62.3 Å². The van der Waals surface area contributed by atoms with E-state index < -0.39 is 0 Å². The predicted octanol–water partition coefficient (Wildman–Crippen LogP) is 1.71. The van der Waals surface area contributed by atoms with Gasteiger partial charge in [0.15, 0.2) is 5.82 Å². The van der Waals surface area contributed by atoms with Crippen LogP contribution < -0.4 is 5.32 Å². The molecule has 2 aromatic rings. The van der Waals surface area contributed by atoms with Crippen molar-refractivity contribution >= 4 is 22.6 Å². The van der Waals surface area contributed by atoms with Gasteiger partial charge in [0.1, 0.15) is 6.33 Å². The molecule has 5 heteroatoms. The summed E-state index contributed by atoms with van der Waals surface area (Å²) < 4.78 is 2.97. The van der Waals surface area contributed by atoms with Crippen molar-refractivity contribution in [2.24, 2.45) is 7.05 Å². The first-order valence-corrected chi connectivity index (χ1v) is 6.11. The van der Waals surface area contributed by atoms with Crippen LogP contribution in [0.5, 0.6) is 0 Å². The second kappa shape index (κ2) is 5.40.